The van der Waals surface area contributed by atoms with E-state index in [0.29, 0.717) is 18.6 Å². The van der Waals surface area contributed by atoms with E-state index in [2.05, 4.69) is 47.6 Å². The van der Waals surface area contributed by atoms with Gasteiger partial charge in [-0.2, -0.15) is 0 Å². The van der Waals surface area contributed by atoms with Gasteiger partial charge in [0.05, 0.1) is 5.41 Å². The van der Waals surface area contributed by atoms with Gasteiger partial charge in [0, 0.05) is 24.7 Å². The summed E-state index contributed by atoms with van der Waals surface area (Å²) in [4.78, 5) is 38.6. The first kappa shape index (κ1) is 26.9. The molecule has 5 heteroatoms. The molecule has 4 saturated carbocycles. The molecule has 0 aromatic carbocycles. The van der Waals surface area contributed by atoms with Crippen LogP contribution in [0.4, 0.5) is 0 Å². The van der Waals surface area contributed by atoms with Gasteiger partial charge in [-0.1, -0.05) is 41.5 Å². The number of fused-ring (bicyclic) bond motifs is 7. The lowest BCUT2D eigenvalue weighted by atomic mass is 9.31. The lowest BCUT2D eigenvalue weighted by Crippen LogP contribution is -2.68. The highest BCUT2D eigenvalue weighted by atomic mass is 16.5. The number of hydrogen-bond acceptors (Lipinski definition) is 4. The van der Waals surface area contributed by atoms with Crippen molar-refractivity contribution in [3.63, 3.8) is 0 Å². The summed E-state index contributed by atoms with van der Waals surface area (Å²) in [7, 11) is 0. The Kier molecular flexibility index (Phi) is 5.78. The summed E-state index contributed by atoms with van der Waals surface area (Å²) in [5.74, 6) is 0.939. The van der Waals surface area contributed by atoms with Crippen LogP contribution in [0.3, 0.4) is 0 Å². The second-order valence-corrected chi connectivity index (χ2v) is 15.6. The molecule has 0 radical (unpaired) electrons. The van der Waals surface area contributed by atoms with E-state index in [9.17, 15) is 19.5 Å². The van der Waals surface area contributed by atoms with Crippen molar-refractivity contribution in [3.05, 3.63) is 11.8 Å². The lowest BCUT2D eigenvalue weighted by molar-refractivity contribution is -0.229. The van der Waals surface area contributed by atoms with Crippen molar-refractivity contribution in [3.8, 4) is 0 Å². The second-order valence-electron chi connectivity index (χ2n) is 15.6. The lowest BCUT2D eigenvalue weighted by Gasteiger charge is -2.72. The molecule has 0 heterocycles. The Hall–Kier alpha value is -1.65. The number of ether oxygens (including phenoxy) is 1. The predicted molar refractivity (Wildman–Crippen MR) is 142 cm³/mol. The van der Waals surface area contributed by atoms with Crippen molar-refractivity contribution >= 4 is 17.7 Å². The number of allylic oxidation sites excluding steroid dienone is 2. The van der Waals surface area contributed by atoms with Crippen LogP contribution in [0.25, 0.3) is 0 Å². The van der Waals surface area contributed by atoms with Crippen LogP contribution >= 0.6 is 0 Å². The van der Waals surface area contributed by atoms with Crippen LogP contribution < -0.4 is 0 Å². The Morgan fingerprint density at radius 2 is 1.57 bits per heavy atom. The summed E-state index contributed by atoms with van der Waals surface area (Å²) in [6.45, 7) is 17.3. The molecule has 0 saturated heterocycles. The molecule has 1 N–H and O–H groups in total. The van der Waals surface area contributed by atoms with Gasteiger partial charge in [-0.05, 0) is 104 Å². The van der Waals surface area contributed by atoms with Crippen LogP contribution in [0, 0.1) is 56.2 Å². The predicted octanol–water partition coefficient (Wildman–Crippen LogP) is 7.19. The molecule has 0 spiro atoms. The largest absolute Gasteiger partial charge is 0.481 e. The van der Waals surface area contributed by atoms with Gasteiger partial charge in [-0.25, -0.2) is 0 Å². The number of carbonyl (C=O) groups is 3. The van der Waals surface area contributed by atoms with Gasteiger partial charge < -0.3 is 9.84 Å². The Morgan fingerprint density at radius 3 is 2.19 bits per heavy atom. The molecule has 5 aliphatic carbocycles. The molecular formula is C32H48O5. The third kappa shape index (κ3) is 3.43. The minimum absolute atomic E-state index is 0.00447. The zero-order chi connectivity index (χ0) is 27.4. The summed E-state index contributed by atoms with van der Waals surface area (Å²) in [6.07, 6.45) is 10.1. The number of aliphatic carboxylic acids is 1. The molecule has 0 aromatic rings. The Balaban J connectivity index is 1.56. The number of carboxylic acid groups (broad SMARTS) is 1. The van der Waals surface area contributed by atoms with Gasteiger partial charge in [0.15, 0.2) is 0 Å². The molecule has 9 atom stereocenters. The first-order valence-corrected chi connectivity index (χ1v) is 14.6. The van der Waals surface area contributed by atoms with Crippen LogP contribution in [-0.2, 0) is 19.1 Å². The van der Waals surface area contributed by atoms with Gasteiger partial charge in [-0.3, -0.25) is 14.4 Å². The van der Waals surface area contributed by atoms with E-state index < -0.39 is 11.4 Å². The van der Waals surface area contributed by atoms with Gasteiger partial charge in [0.25, 0.3) is 0 Å². The molecule has 206 valence electrons. The highest BCUT2D eigenvalue weighted by Gasteiger charge is 2.71. The van der Waals surface area contributed by atoms with E-state index in [1.165, 1.54) is 6.92 Å². The van der Waals surface area contributed by atoms with Crippen molar-refractivity contribution in [2.24, 2.45) is 56.2 Å². The minimum Gasteiger partial charge on any atom is -0.481 e. The topological polar surface area (TPSA) is 80.7 Å². The molecule has 0 bridgehead atoms. The van der Waals surface area contributed by atoms with E-state index in [1.807, 2.05) is 6.92 Å². The molecule has 37 heavy (non-hydrogen) atoms. The minimum atomic E-state index is -0.696. The molecule has 3 unspecified atom stereocenters. The highest BCUT2D eigenvalue weighted by Crippen LogP contribution is 2.76. The SMILES string of the molecule is CC(=O)OC1=CC[C@]2(C)C(CC[C@@]3(C)C2C(=O)C[C@H]2[C@@H]4CC(C)(C(=O)O)CC[C@@]4(C)CC[C@@]23C)C1(C)C. The molecule has 4 fully saturated rings. The van der Waals surface area contributed by atoms with E-state index in [0.717, 1.165) is 50.7 Å². The summed E-state index contributed by atoms with van der Waals surface area (Å²) >= 11 is 0. The first-order chi connectivity index (χ1) is 16.9. The van der Waals surface area contributed by atoms with E-state index in [-0.39, 0.29) is 56.7 Å². The third-order valence-corrected chi connectivity index (χ3v) is 13.4. The summed E-state index contributed by atoms with van der Waals surface area (Å²) in [5.41, 5.74) is -1.19. The molecule has 5 nitrogen and oxygen atoms in total. The third-order valence-electron chi connectivity index (χ3n) is 13.4. The monoisotopic (exact) mass is 512 g/mol. The van der Waals surface area contributed by atoms with Crippen LogP contribution in [0.2, 0.25) is 0 Å². The fourth-order valence-corrected chi connectivity index (χ4v) is 11.0. The zero-order valence-electron chi connectivity index (χ0n) is 24.3. The molecule has 0 amide bonds. The molecule has 0 aromatic heterocycles. The Bertz CT molecular complexity index is 1070. The smallest absolute Gasteiger partial charge is 0.309 e. The standard InChI is InChI=1S/C32H48O5/c1-19(33)37-24-10-11-30(6)23(27(24,2)3)9-12-32(8)25(30)22(34)17-20-21-18-29(5,26(35)36)14-13-28(21,4)15-16-31(20,32)7/h10,20-21,23,25H,9,11-18H2,1-8H3,(H,35,36)/t20-,21-,23?,25?,28-,29?,30+,31-,32-/m0/s1. The average molecular weight is 513 g/mol. The Labute approximate surface area is 223 Å². The summed E-state index contributed by atoms with van der Waals surface area (Å²) in [6, 6.07) is 0. The van der Waals surface area contributed by atoms with Crippen molar-refractivity contribution in [2.75, 3.05) is 0 Å². The second kappa shape index (κ2) is 7.94. The van der Waals surface area contributed by atoms with Gasteiger partial charge >= 0.3 is 11.9 Å². The average Bonchev–Trinajstić information content (AvgIpc) is 2.78. The van der Waals surface area contributed by atoms with Crippen LogP contribution in [0.5, 0.6) is 0 Å². The number of rotatable bonds is 2. The number of carboxylic acids is 1. The molecule has 0 aliphatic heterocycles. The van der Waals surface area contributed by atoms with Crippen molar-refractivity contribution in [1.82, 2.24) is 0 Å². The number of esters is 1. The number of Topliss-reactive ketones (excluding diaryl/α,β-unsaturated/α-hetero) is 1. The van der Waals surface area contributed by atoms with Crippen LogP contribution in [0.1, 0.15) is 113 Å². The van der Waals surface area contributed by atoms with Crippen molar-refractivity contribution in [2.45, 2.75) is 113 Å². The number of ketones is 1. The maximum atomic E-state index is 14.4. The zero-order valence-corrected chi connectivity index (χ0v) is 24.3. The van der Waals surface area contributed by atoms with Crippen LogP contribution in [0.15, 0.2) is 11.8 Å². The quantitative estimate of drug-likeness (QED) is 0.396. The fourth-order valence-electron chi connectivity index (χ4n) is 11.0. The van der Waals surface area contributed by atoms with Gasteiger partial charge in [0.1, 0.15) is 11.5 Å². The maximum absolute atomic E-state index is 14.4. The van der Waals surface area contributed by atoms with E-state index >= 15 is 0 Å². The molecule has 5 rings (SSSR count). The first-order valence-electron chi connectivity index (χ1n) is 14.6. The Morgan fingerprint density at radius 1 is 0.919 bits per heavy atom. The highest BCUT2D eigenvalue weighted by molar-refractivity contribution is 5.85. The van der Waals surface area contributed by atoms with Crippen molar-refractivity contribution in [1.29, 1.82) is 0 Å². The van der Waals surface area contributed by atoms with Gasteiger partial charge in [-0.15, -0.1) is 0 Å². The fraction of sp³-hybridized carbons (Fsp3) is 0.844. The van der Waals surface area contributed by atoms with Crippen LogP contribution in [-0.4, -0.2) is 22.8 Å². The number of carbonyl (C=O) groups excluding carboxylic acids is 2. The molecule has 5 aliphatic rings. The number of hydrogen-bond donors (Lipinski definition) is 1. The van der Waals surface area contributed by atoms with E-state index in [1.54, 1.807) is 0 Å². The summed E-state index contributed by atoms with van der Waals surface area (Å²) in [5, 5.41) is 10.1. The summed E-state index contributed by atoms with van der Waals surface area (Å²) < 4.78 is 5.69. The molecular weight excluding hydrogens is 464 g/mol. The maximum Gasteiger partial charge on any atom is 0.309 e. The normalized spacial score (nSPS) is 50.5. The van der Waals surface area contributed by atoms with Crippen molar-refractivity contribution < 1.29 is 24.2 Å². The van der Waals surface area contributed by atoms with Gasteiger partial charge in [0.2, 0.25) is 0 Å². The van der Waals surface area contributed by atoms with E-state index in [4.69, 9.17) is 4.74 Å².